The Morgan fingerprint density at radius 3 is 2.64 bits per heavy atom. The van der Waals surface area contributed by atoms with Gasteiger partial charge in [-0.3, -0.25) is 4.79 Å². The van der Waals surface area contributed by atoms with Crippen LogP contribution in [0.25, 0.3) is 0 Å². The minimum absolute atomic E-state index is 0.0129. The van der Waals surface area contributed by atoms with Crippen molar-refractivity contribution < 1.29 is 19.4 Å². The van der Waals surface area contributed by atoms with E-state index < -0.39 is 12.1 Å². The second-order valence-electron chi connectivity index (χ2n) is 2.61. The number of carbonyl (C=O) groups is 2. The molecule has 0 saturated heterocycles. The number of rotatable bonds is 7. The van der Waals surface area contributed by atoms with Gasteiger partial charge in [0, 0.05) is 19.3 Å². The van der Waals surface area contributed by atoms with E-state index in [4.69, 9.17) is 5.11 Å². The maximum Gasteiger partial charge on any atom is 0.334 e. The Kier molecular flexibility index (Phi) is 7.23. The standard InChI is InChI=1S/C8H15NO4S/c1-13-6(8(11)12)5-9-7(10)3-4-14-2/h6H,3-5H2,1-2H3,(H,9,10)(H,11,12). The number of methoxy groups -OCH3 is 1. The van der Waals surface area contributed by atoms with E-state index in [0.29, 0.717) is 6.42 Å². The van der Waals surface area contributed by atoms with Crippen molar-refractivity contribution in [2.24, 2.45) is 0 Å². The molecule has 0 radical (unpaired) electrons. The third kappa shape index (κ3) is 5.82. The van der Waals surface area contributed by atoms with Gasteiger partial charge < -0.3 is 15.2 Å². The van der Waals surface area contributed by atoms with Crippen molar-refractivity contribution in [2.45, 2.75) is 12.5 Å². The summed E-state index contributed by atoms with van der Waals surface area (Å²) in [6.45, 7) is 0.0129. The van der Waals surface area contributed by atoms with Gasteiger partial charge in [0.15, 0.2) is 6.10 Å². The molecule has 1 unspecified atom stereocenters. The van der Waals surface area contributed by atoms with Crippen LogP contribution in [-0.4, -0.2) is 48.8 Å². The number of hydrogen-bond acceptors (Lipinski definition) is 4. The molecule has 0 aliphatic carbocycles. The van der Waals surface area contributed by atoms with Crippen LogP contribution >= 0.6 is 11.8 Å². The van der Waals surface area contributed by atoms with Crippen LogP contribution in [0.4, 0.5) is 0 Å². The Morgan fingerprint density at radius 2 is 2.21 bits per heavy atom. The molecule has 0 aromatic carbocycles. The van der Waals surface area contributed by atoms with Gasteiger partial charge in [-0.05, 0) is 6.26 Å². The van der Waals surface area contributed by atoms with E-state index >= 15 is 0 Å². The average Bonchev–Trinajstić information content (AvgIpc) is 2.15. The highest BCUT2D eigenvalue weighted by molar-refractivity contribution is 7.98. The second kappa shape index (κ2) is 7.64. The van der Waals surface area contributed by atoms with Gasteiger partial charge in [-0.2, -0.15) is 11.8 Å². The Bertz CT molecular complexity index is 198. The van der Waals surface area contributed by atoms with E-state index in [-0.39, 0.29) is 12.5 Å². The van der Waals surface area contributed by atoms with Crippen molar-refractivity contribution in [3.63, 3.8) is 0 Å². The highest BCUT2D eigenvalue weighted by atomic mass is 32.2. The van der Waals surface area contributed by atoms with Gasteiger partial charge in [0.2, 0.25) is 5.91 Å². The number of ether oxygens (including phenoxy) is 1. The number of carbonyl (C=O) groups excluding carboxylic acids is 1. The van der Waals surface area contributed by atoms with Crippen LogP contribution < -0.4 is 5.32 Å². The Hall–Kier alpha value is -0.750. The molecule has 0 saturated carbocycles. The van der Waals surface area contributed by atoms with Crippen LogP contribution in [0.2, 0.25) is 0 Å². The second-order valence-corrected chi connectivity index (χ2v) is 3.60. The normalized spacial score (nSPS) is 12.1. The van der Waals surface area contributed by atoms with E-state index in [0.717, 1.165) is 5.75 Å². The molecule has 0 aliphatic rings. The molecular weight excluding hydrogens is 206 g/mol. The van der Waals surface area contributed by atoms with Gasteiger partial charge >= 0.3 is 5.97 Å². The lowest BCUT2D eigenvalue weighted by Crippen LogP contribution is -2.37. The average molecular weight is 221 g/mol. The van der Waals surface area contributed by atoms with Gasteiger partial charge in [-0.15, -0.1) is 0 Å². The quantitative estimate of drug-likeness (QED) is 0.630. The van der Waals surface area contributed by atoms with Crippen molar-refractivity contribution in [3.05, 3.63) is 0 Å². The first kappa shape index (κ1) is 13.2. The fourth-order valence-corrected chi connectivity index (χ4v) is 1.15. The van der Waals surface area contributed by atoms with Crippen molar-refractivity contribution in [3.8, 4) is 0 Å². The summed E-state index contributed by atoms with van der Waals surface area (Å²) in [6.07, 6.45) is 1.34. The van der Waals surface area contributed by atoms with Gasteiger partial charge in [0.05, 0.1) is 6.54 Å². The molecule has 1 amide bonds. The van der Waals surface area contributed by atoms with E-state index in [1.807, 2.05) is 6.26 Å². The SMILES string of the molecule is COC(CNC(=O)CCSC)C(=O)O. The predicted octanol–water partition coefficient (Wildman–Crippen LogP) is -0.0447. The molecule has 82 valence electrons. The van der Waals surface area contributed by atoms with Crippen LogP contribution in [0.1, 0.15) is 6.42 Å². The first-order valence-corrected chi connectivity index (χ1v) is 5.52. The Morgan fingerprint density at radius 1 is 1.57 bits per heavy atom. The third-order valence-electron chi connectivity index (χ3n) is 1.58. The zero-order valence-corrected chi connectivity index (χ0v) is 9.10. The van der Waals surface area contributed by atoms with E-state index in [1.165, 1.54) is 7.11 Å². The minimum atomic E-state index is -1.07. The maximum atomic E-state index is 11.1. The number of nitrogens with one attached hydrogen (secondary N) is 1. The summed E-state index contributed by atoms with van der Waals surface area (Å²) in [5.41, 5.74) is 0. The van der Waals surface area contributed by atoms with Crippen LogP contribution in [0.3, 0.4) is 0 Å². The zero-order valence-electron chi connectivity index (χ0n) is 8.28. The van der Waals surface area contributed by atoms with Gasteiger partial charge in [-0.25, -0.2) is 4.79 Å². The third-order valence-corrected chi connectivity index (χ3v) is 2.19. The molecule has 0 bridgehead atoms. The molecule has 0 rings (SSSR count). The van der Waals surface area contributed by atoms with Crippen molar-refractivity contribution in [2.75, 3.05) is 25.7 Å². The fourth-order valence-electron chi connectivity index (χ4n) is 0.761. The van der Waals surface area contributed by atoms with Crippen molar-refractivity contribution in [1.29, 1.82) is 0 Å². The molecule has 0 aromatic rings. The topological polar surface area (TPSA) is 75.6 Å². The van der Waals surface area contributed by atoms with E-state index in [2.05, 4.69) is 10.1 Å². The monoisotopic (exact) mass is 221 g/mol. The molecule has 0 aliphatic heterocycles. The van der Waals surface area contributed by atoms with E-state index in [1.54, 1.807) is 11.8 Å². The first-order valence-electron chi connectivity index (χ1n) is 4.13. The number of carboxylic acid groups (broad SMARTS) is 1. The lowest BCUT2D eigenvalue weighted by atomic mass is 10.3. The smallest absolute Gasteiger partial charge is 0.334 e. The molecule has 0 spiro atoms. The summed E-state index contributed by atoms with van der Waals surface area (Å²) in [6, 6.07) is 0. The van der Waals surface area contributed by atoms with Gasteiger partial charge in [0.25, 0.3) is 0 Å². The molecule has 5 nitrogen and oxygen atoms in total. The molecule has 0 fully saturated rings. The largest absolute Gasteiger partial charge is 0.479 e. The molecule has 6 heteroatoms. The van der Waals surface area contributed by atoms with Gasteiger partial charge in [0.1, 0.15) is 0 Å². The zero-order chi connectivity index (χ0) is 11.0. The highest BCUT2D eigenvalue weighted by Gasteiger charge is 2.16. The number of thioether (sulfide) groups is 1. The summed E-state index contributed by atoms with van der Waals surface area (Å²) < 4.78 is 4.65. The number of aliphatic carboxylic acids is 1. The number of carboxylic acids is 1. The van der Waals surface area contributed by atoms with Crippen LogP contribution in [-0.2, 0) is 14.3 Å². The first-order chi connectivity index (χ1) is 6.61. The Balaban J connectivity index is 3.68. The molecule has 0 heterocycles. The summed E-state index contributed by atoms with van der Waals surface area (Å²) in [5, 5.41) is 11.1. The fraction of sp³-hybridized carbons (Fsp3) is 0.750. The van der Waals surface area contributed by atoms with Crippen molar-refractivity contribution >= 4 is 23.6 Å². The lowest BCUT2D eigenvalue weighted by Gasteiger charge is -2.11. The highest BCUT2D eigenvalue weighted by Crippen LogP contribution is 1.95. The molecule has 1 atom stereocenters. The molecular formula is C8H15NO4S. The lowest BCUT2D eigenvalue weighted by molar-refractivity contribution is -0.148. The van der Waals surface area contributed by atoms with E-state index in [9.17, 15) is 9.59 Å². The number of amides is 1. The molecule has 0 aromatic heterocycles. The summed E-state index contributed by atoms with van der Waals surface area (Å²) in [4.78, 5) is 21.5. The maximum absolute atomic E-state index is 11.1. The van der Waals surface area contributed by atoms with Gasteiger partial charge in [-0.1, -0.05) is 0 Å². The molecule has 14 heavy (non-hydrogen) atoms. The Labute approximate surface area is 87.2 Å². The van der Waals surface area contributed by atoms with Crippen LogP contribution in [0.15, 0.2) is 0 Å². The van der Waals surface area contributed by atoms with Crippen molar-refractivity contribution in [1.82, 2.24) is 5.32 Å². The predicted molar refractivity (Wildman–Crippen MR) is 54.4 cm³/mol. The summed E-state index contributed by atoms with van der Waals surface area (Å²) >= 11 is 1.57. The number of hydrogen-bond donors (Lipinski definition) is 2. The van der Waals surface area contributed by atoms with Crippen LogP contribution in [0.5, 0.6) is 0 Å². The summed E-state index contributed by atoms with van der Waals surface area (Å²) in [7, 11) is 1.30. The summed E-state index contributed by atoms with van der Waals surface area (Å²) in [5.74, 6) is -0.489. The molecule has 2 N–H and O–H groups in total. The minimum Gasteiger partial charge on any atom is -0.479 e. The van der Waals surface area contributed by atoms with Crippen LogP contribution in [0, 0.1) is 0 Å².